The maximum Gasteiger partial charge on any atom is 0.407 e. The second-order valence-corrected chi connectivity index (χ2v) is 5.29. The van der Waals surface area contributed by atoms with E-state index in [1.807, 2.05) is 30.3 Å². The summed E-state index contributed by atoms with van der Waals surface area (Å²) >= 11 is 0. The Balaban J connectivity index is 1.51. The lowest BCUT2D eigenvalue weighted by Gasteiger charge is -2.34. The van der Waals surface area contributed by atoms with Gasteiger partial charge in [0.25, 0.3) is 0 Å². The van der Waals surface area contributed by atoms with Crippen molar-refractivity contribution in [1.29, 1.82) is 0 Å². The maximum absolute atomic E-state index is 11.9. The molecule has 118 valence electrons. The van der Waals surface area contributed by atoms with Crippen molar-refractivity contribution in [3.05, 3.63) is 35.9 Å². The van der Waals surface area contributed by atoms with Gasteiger partial charge in [-0.3, -0.25) is 4.79 Å². The Morgan fingerprint density at radius 3 is 2.91 bits per heavy atom. The molecule has 22 heavy (non-hydrogen) atoms. The first kappa shape index (κ1) is 14.8. The van der Waals surface area contributed by atoms with Crippen LogP contribution in [0.25, 0.3) is 0 Å². The zero-order chi connectivity index (χ0) is 15.5. The van der Waals surface area contributed by atoms with Crippen LogP contribution < -0.4 is 5.32 Å². The molecule has 0 aliphatic carbocycles. The Bertz CT molecular complexity index is 550. The minimum Gasteiger partial charge on any atom is -0.441 e. The number of hydrogen-bond donors (Lipinski definition) is 1. The SMILES string of the molecule is CN1C(=O)CO[C@@H]2[C@@H](OC(=O)NCc3ccccc3)CO[C@@H]21. The summed E-state index contributed by atoms with van der Waals surface area (Å²) in [5, 5.41) is 2.69. The Morgan fingerprint density at radius 1 is 1.36 bits per heavy atom. The minimum absolute atomic E-state index is 0.0213. The normalized spacial score (nSPS) is 27.4. The number of nitrogens with zero attached hydrogens (tertiary/aromatic N) is 1. The highest BCUT2D eigenvalue weighted by molar-refractivity contribution is 5.78. The van der Waals surface area contributed by atoms with Gasteiger partial charge in [-0.05, 0) is 5.56 Å². The van der Waals surface area contributed by atoms with Crippen LogP contribution in [0.4, 0.5) is 4.79 Å². The third kappa shape index (κ3) is 3.05. The van der Waals surface area contributed by atoms with Crippen LogP contribution in [0.15, 0.2) is 30.3 Å². The average molecular weight is 306 g/mol. The van der Waals surface area contributed by atoms with Crippen molar-refractivity contribution < 1.29 is 23.8 Å². The van der Waals surface area contributed by atoms with Crippen molar-refractivity contribution in [2.45, 2.75) is 25.0 Å². The van der Waals surface area contributed by atoms with E-state index in [1.165, 1.54) is 4.90 Å². The van der Waals surface area contributed by atoms with Crippen molar-refractivity contribution in [1.82, 2.24) is 10.2 Å². The van der Waals surface area contributed by atoms with E-state index in [4.69, 9.17) is 14.2 Å². The van der Waals surface area contributed by atoms with Gasteiger partial charge in [-0.2, -0.15) is 0 Å². The van der Waals surface area contributed by atoms with E-state index in [0.717, 1.165) is 5.56 Å². The predicted molar refractivity (Wildman–Crippen MR) is 75.8 cm³/mol. The predicted octanol–water partition coefficient (Wildman–Crippen LogP) is 0.495. The number of rotatable bonds is 3. The number of ether oxygens (including phenoxy) is 3. The number of carbonyl (C=O) groups is 2. The first-order valence-electron chi connectivity index (χ1n) is 7.12. The lowest BCUT2D eigenvalue weighted by Crippen LogP contribution is -2.53. The summed E-state index contributed by atoms with van der Waals surface area (Å²) in [5.41, 5.74) is 0.985. The van der Waals surface area contributed by atoms with Crippen LogP contribution in [0.2, 0.25) is 0 Å². The summed E-state index contributed by atoms with van der Waals surface area (Å²) in [6, 6.07) is 9.55. The quantitative estimate of drug-likeness (QED) is 0.880. The van der Waals surface area contributed by atoms with Crippen LogP contribution in [0, 0.1) is 0 Å². The van der Waals surface area contributed by atoms with Crippen LogP contribution in [0.5, 0.6) is 0 Å². The van der Waals surface area contributed by atoms with Gasteiger partial charge < -0.3 is 24.4 Å². The molecule has 3 rings (SSSR count). The highest BCUT2D eigenvalue weighted by atomic mass is 16.6. The molecule has 1 aromatic carbocycles. The number of nitrogens with one attached hydrogen (secondary N) is 1. The van der Waals surface area contributed by atoms with E-state index < -0.39 is 24.5 Å². The van der Waals surface area contributed by atoms with Gasteiger partial charge in [0.2, 0.25) is 5.91 Å². The highest BCUT2D eigenvalue weighted by Gasteiger charge is 2.47. The molecule has 2 fully saturated rings. The first-order chi connectivity index (χ1) is 10.6. The number of carbonyl (C=O) groups excluding carboxylic acids is 2. The molecule has 0 saturated carbocycles. The fourth-order valence-electron chi connectivity index (χ4n) is 2.55. The molecular weight excluding hydrogens is 288 g/mol. The average Bonchev–Trinajstić information content (AvgIpc) is 2.93. The number of likely N-dealkylation sites (N-methyl/N-ethyl adjacent to an activating group) is 1. The van der Waals surface area contributed by atoms with Crippen LogP contribution in [0.3, 0.4) is 0 Å². The number of amides is 2. The summed E-state index contributed by atoms with van der Waals surface area (Å²) in [5.74, 6) is -0.143. The van der Waals surface area contributed by atoms with E-state index in [9.17, 15) is 9.59 Å². The van der Waals surface area contributed by atoms with Crippen molar-refractivity contribution >= 4 is 12.0 Å². The van der Waals surface area contributed by atoms with Gasteiger partial charge >= 0.3 is 6.09 Å². The second kappa shape index (κ2) is 6.33. The van der Waals surface area contributed by atoms with Crippen molar-refractivity contribution in [3.63, 3.8) is 0 Å². The molecule has 0 aromatic heterocycles. The fraction of sp³-hybridized carbons (Fsp3) is 0.467. The molecule has 2 aliphatic heterocycles. The molecule has 3 atom stereocenters. The summed E-state index contributed by atoms with van der Waals surface area (Å²) in [6.45, 7) is 0.582. The van der Waals surface area contributed by atoms with E-state index in [1.54, 1.807) is 7.05 Å². The van der Waals surface area contributed by atoms with E-state index in [-0.39, 0.29) is 19.1 Å². The van der Waals surface area contributed by atoms with Gasteiger partial charge in [0, 0.05) is 13.6 Å². The molecule has 2 heterocycles. The zero-order valence-electron chi connectivity index (χ0n) is 12.2. The van der Waals surface area contributed by atoms with Crippen LogP contribution in [-0.2, 0) is 25.5 Å². The molecule has 2 amide bonds. The molecule has 2 aliphatic rings. The lowest BCUT2D eigenvalue weighted by atomic mass is 10.2. The molecule has 1 aromatic rings. The molecule has 0 bridgehead atoms. The van der Waals surface area contributed by atoms with Crippen LogP contribution in [-0.4, -0.2) is 55.6 Å². The molecule has 0 unspecified atom stereocenters. The number of benzene rings is 1. The van der Waals surface area contributed by atoms with Gasteiger partial charge in [-0.15, -0.1) is 0 Å². The first-order valence-corrected chi connectivity index (χ1v) is 7.12. The van der Waals surface area contributed by atoms with Gasteiger partial charge in [0.05, 0.1) is 6.61 Å². The Labute approximate surface area is 128 Å². The minimum atomic E-state index is -0.527. The summed E-state index contributed by atoms with van der Waals surface area (Å²) in [4.78, 5) is 24.9. The van der Waals surface area contributed by atoms with Gasteiger partial charge in [-0.1, -0.05) is 30.3 Å². The molecule has 7 nitrogen and oxygen atoms in total. The standard InChI is InChI=1S/C15H18N2O5/c1-17-12(18)9-20-13-11(8-21-14(13)17)22-15(19)16-7-10-5-3-2-4-6-10/h2-6,11,13-14H,7-9H2,1H3,(H,16,19)/t11-,13+,14-/m0/s1. The third-order valence-corrected chi connectivity index (χ3v) is 3.79. The number of morpholine rings is 1. The summed E-state index contributed by atoms with van der Waals surface area (Å²) < 4.78 is 16.3. The third-order valence-electron chi connectivity index (χ3n) is 3.79. The maximum atomic E-state index is 11.9. The van der Waals surface area contributed by atoms with E-state index in [2.05, 4.69) is 5.32 Å². The number of fused-ring (bicyclic) bond motifs is 1. The van der Waals surface area contributed by atoms with Gasteiger partial charge in [0.1, 0.15) is 12.7 Å². The highest BCUT2D eigenvalue weighted by Crippen LogP contribution is 2.26. The van der Waals surface area contributed by atoms with Crippen molar-refractivity contribution in [2.24, 2.45) is 0 Å². The molecule has 1 N–H and O–H groups in total. The molecule has 0 radical (unpaired) electrons. The monoisotopic (exact) mass is 306 g/mol. The topological polar surface area (TPSA) is 77.1 Å². The van der Waals surface area contributed by atoms with Crippen molar-refractivity contribution in [2.75, 3.05) is 20.3 Å². The number of hydrogen-bond acceptors (Lipinski definition) is 5. The van der Waals surface area contributed by atoms with Gasteiger partial charge in [-0.25, -0.2) is 4.79 Å². The van der Waals surface area contributed by atoms with Crippen molar-refractivity contribution in [3.8, 4) is 0 Å². The fourth-order valence-corrected chi connectivity index (χ4v) is 2.55. The second-order valence-electron chi connectivity index (χ2n) is 5.29. The molecule has 2 saturated heterocycles. The smallest absolute Gasteiger partial charge is 0.407 e. The van der Waals surface area contributed by atoms with Crippen LogP contribution in [0.1, 0.15) is 5.56 Å². The lowest BCUT2D eigenvalue weighted by molar-refractivity contribution is -0.174. The largest absolute Gasteiger partial charge is 0.441 e. The molecule has 7 heteroatoms. The summed E-state index contributed by atoms with van der Waals surface area (Å²) in [7, 11) is 1.65. The Morgan fingerprint density at radius 2 is 2.14 bits per heavy atom. The molecule has 0 spiro atoms. The Hall–Kier alpha value is -2.12. The zero-order valence-corrected chi connectivity index (χ0v) is 12.2. The molecular formula is C15H18N2O5. The van der Waals surface area contributed by atoms with E-state index in [0.29, 0.717) is 6.54 Å². The van der Waals surface area contributed by atoms with Crippen LogP contribution >= 0.6 is 0 Å². The number of alkyl carbamates (subject to hydrolysis) is 1. The van der Waals surface area contributed by atoms with E-state index >= 15 is 0 Å². The Kier molecular flexibility index (Phi) is 4.26. The summed E-state index contributed by atoms with van der Waals surface area (Å²) in [6.07, 6.45) is -1.98. The van der Waals surface area contributed by atoms with Gasteiger partial charge in [0.15, 0.2) is 12.3 Å².